The Kier molecular flexibility index (Phi) is 4.99. The number of hydrogen-bond donors (Lipinski definition) is 0. The van der Waals surface area contributed by atoms with Crippen molar-refractivity contribution in [1.82, 2.24) is 4.31 Å². The molecule has 7 heteroatoms. The van der Waals surface area contributed by atoms with Crippen LogP contribution in [0.3, 0.4) is 0 Å². The first-order chi connectivity index (χ1) is 10.3. The molecule has 22 heavy (non-hydrogen) atoms. The van der Waals surface area contributed by atoms with Crippen LogP contribution in [-0.2, 0) is 14.8 Å². The summed E-state index contributed by atoms with van der Waals surface area (Å²) in [5.41, 5.74) is 0.629. The van der Waals surface area contributed by atoms with Crippen LogP contribution in [-0.4, -0.2) is 52.2 Å². The number of morpholine rings is 1. The average Bonchev–Trinajstić information content (AvgIpc) is 2.48. The van der Waals surface area contributed by atoms with Gasteiger partial charge >= 0.3 is 0 Å². The van der Waals surface area contributed by atoms with E-state index in [-0.39, 0.29) is 17.0 Å². The summed E-state index contributed by atoms with van der Waals surface area (Å²) in [5, 5.41) is 0. The monoisotopic (exact) mass is 329 g/mol. The van der Waals surface area contributed by atoms with Crippen LogP contribution in [0.2, 0.25) is 0 Å². The van der Waals surface area contributed by atoms with Crippen molar-refractivity contribution < 1.29 is 22.6 Å². The van der Waals surface area contributed by atoms with E-state index in [1.54, 1.807) is 13.0 Å². The molecule has 0 unspecified atom stereocenters. The average molecular weight is 329 g/mol. The number of aryl methyl sites for hydroxylation is 1. The van der Waals surface area contributed by atoms with Gasteiger partial charge in [0.1, 0.15) is 0 Å². The lowest BCUT2D eigenvalue weighted by atomic mass is 10.2. The Morgan fingerprint density at radius 1 is 1.18 bits per heavy atom. The van der Waals surface area contributed by atoms with Crippen molar-refractivity contribution in [3.05, 3.63) is 17.7 Å². The number of rotatable bonds is 4. The quantitative estimate of drug-likeness (QED) is 0.843. The van der Waals surface area contributed by atoms with E-state index in [1.807, 2.05) is 13.8 Å². The summed E-state index contributed by atoms with van der Waals surface area (Å²) in [7, 11) is -0.601. The molecule has 0 N–H and O–H groups in total. The zero-order valence-electron chi connectivity index (χ0n) is 13.6. The fourth-order valence-electron chi connectivity index (χ4n) is 2.57. The minimum Gasteiger partial charge on any atom is -0.493 e. The topological polar surface area (TPSA) is 65.1 Å². The molecular formula is C15H23NO5S. The first-order valence-electron chi connectivity index (χ1n) is 7.17. The fourth-order valence-corrected chi connectivity index (χ4v) is 4.49. The second kappa shape index (κ2) is 6.44. The summed E-state index contributed by atoms with van der Waals surface area (Å²) in [6.45, 7) is 6.21. The molecule has 0 saturated carbocycles. The Morgan fingerprint density at radius 3 is 2.36 bits per heavy atom. The van der Waals surface area contributed by atoms with Crippen LogP contribution in [0.25, 0.3) is 0 Å². The zero-order valence-corrected chi connectivity index (χ0v) is 14.4. The molecule has 124 valence electrons. The van der Waals surface area contributed by atoms with Gasteiger partial charge in [0.05, 0.1) is 31.8 Å². The van der Waals surface area contributed by atoms with Gasteiger partial charge in [-0.05, 0) is 32.4 Å². The Labute approximate surface area is 132 Å². The van der Waals surface area contributed by atoms with E-state index < -0.39 is 10.0 Å². The highest BCUT2D eigenvalue weighted by molar-refractivity contribution is 7.89. The van der Waals surface area contributed by atoms with E-state index in [2.05, 4.69) is 0 Å². The second-order valence-corrected chi connectivity index (χ2v) is 7.40. The first-order valence-corrected chi connectivity index (χ1v) is 8.61. The third kappa shape index (κ3) is 3.06. The number of methoxy groups -OCH3 is 2. The summed E-state index contributed by atoms with van der Waals surface area (Å²) >= 11 is 0. The van der Waals surface area contributed by atoms with E-state index in [0.717, 1.165) is 0 Å². The molecule has 1 saturated heterocycles. The van der Waals surface area contributed by atoms with Crippen LogP contribution < -0.4 is 9.47 Å². The van der Waals surface area contributed by atoms with E-state index >= 15 is 0 Å². The molecule has 1 aromatic carbocycles. The van der Waals surface area contributed by atoms with E-state index in [4.69, 9.17) is 14.2 Å². The first kappa shape index (κ1) is 17.1. The lowest BCUT2D eigenvalue weighted by Crippen LogP contribution is -2.50. The van der Waals surface area contributed by atoms with Crippen LogP contribution in [0, 0.1) is 6.92 Å². The SMILES string of the molecule is COc1cc(C)c(S(=O)(=O)N2C[C@H](C)OC[C@@H]2C)cc1OC. The third-order valence-corrected chi connectivity index (χ3v) is 5.94. The number of nitrogens with zero attached hydrogens (tertiary/aromatic N) is 1. The number of benzene rings is 1. The fraction of sp³-hybridized carbons (Fsp3) is 0.600. The summed E-state index contributed by atoms with van der Waals surface area (Å²) < 4.78 is 43.5. The minimum absolute atomic E-state index is 0.119. The van der Waals surface area contributed by atoms with Gasteiger partial charge in [0.25, 0.3) is 0 Å². The molecule has 0 radical (unpaired) electrons. The summed E-state index contributed by atoms with van der Waals surface area (Å²) in [6, 6.07) is 3.00. The van der Waals surface area contributed by atoms with Gasteiger partial charge < -0.3 is 14.2 Å². The van der Waals surface area contributed by atoms with Gasteiger partial charge in [-0.25, -0.2) is 8.42 Å². The zero-order chi connectivity index (χ0) is 16.5. The molecular weight excluding hydrogens is 306 g/mol. The van der Waals surface area contributed by atoms with Crippen molar-refractivity contribution >= 4 is 10.0 Å². The van der Waals surface area contributed by atoms with Crippen LogP contribution in [0.1, 0.15) is 19.4 Å². The summed E-state index contributed by atoms with van der Waals surface area (Å²) in [4.78, 5) is 0.242. The van der Waals surface area contributed by atoms with E-state index in [0.29, 0.717) is 30.2 Å². The molecule has 2 rings (SSSR count). The minimum atomic E-state index is -3.61. The highest BCUT2D eigenvalue weighted by Crippen LogP contribution is 2.34. The van der Waals surface area contributed by atoms with Crippen molar-refractivity contribution in [2.45, 2.75) is 37.8 Å². The van der Waals surface area contributed by atoms with Gasteiger partial charge in [0.2, 0.25) is 10.0 Å². The second-order valence-electron chi connectivity index (χ2n) is 5.54. The van der Waals surface area contributed by atoms with E-state index in [9.17, 15) is 8.42 Å². The van der Waals surface area contributed by atoms with Crippen molar-refractivity contribution in [3.8, 4) is 11.5 Å². The van der Waals surface area contributed by atoms with Crippen molar-refractivity contribution in [2.24, 2.45) is 0 Å². The van der Waals surface area contributed by atoms with Crippen LogP contribution >= 0.6 is 0 Å². The molecule has 1 aromatic rings. The van der Waals surface area contributed by atoms with Crippen LogP contribution in [0.15, 0.2) is 17.0 Å². The number of ether oxygens (including phenoxy) is 3. The van der Waals surface area contributed by atoms with Crippen molar-refractivity contribution in [1.29, 1.82) is 0 Å². The predicted octanol–water partition coefficient (Wildman–Crippen LogP) is 1.81. The van der Waals surface area contributed by atoms with Crippen molar-refractivity contribution in [3.63, 3.8) is 0 Å². The lowest BCUT2D eigenvalue weighted by Gasteiger charge is -2.36. The molecule has 1 fully saturated rings. The molecule has 2 atom stereocenters. The standard InChI is InChI=1S/C15H23NO5S/c1-10-6-13(19-4)14(20-5)7-15(10)22(17,18)16-8-12(3)21-9-11(16)2/h6-7,11-12H,8-9H2,1-5H3/t11-,12-/m0/s1. The maximum atomic E-state index is 13.0. The molecule has 0 aliphatic carbocycles. The molecule has 1 aliphatic rings. The smallest absolute Gasteiger partial charge is 0.243 e. The van der Waals surface area contributed by atoms with Gasteiger partial charge in [0.15, 0.2) is 11.5 Å². The van der Waals surface area contributed by atoms with Gasteiger partial charge in [-0.2, -0.15) is 4.31 Å². The van der Waals surface area contributed by atoms with Gasteiger partial charge in [0, 0.05) is 18.7 Å². The maximum absolute atomic E-state index is 13.0. The molecule has 0 bridgehead atoms. The Hall–Kier alpha value is -1.31. The Bertz CT molecular complexity index is 644. The molecule has 0 amide bonds. The van der Waals surface area contributed by atoms with E-state index in [1.165, 1.54) is 24.6 Å². The van der Waals surface area contributed by atoms with Crippen LogP contribution in [0.4, 0.5) is 0 Å². The molecule has 6 nitrogen and oxygen atoms in total. The van der Waals surface area contributed by atoms with Crippen LogP contribution in [0.5, 0.6) is 11.5 Å². The van der Waals surface area contributed by atoms with Gasteiger partial charge in [-0.1, -0.05) is 0 Å². The molecule has 1 heterocycles. The largest absolute Gasteiger partial charge is 0.493 e. The van der Waals surface area contributed by atoms with Gasteiger partial charge in [-0.3, -0.25) is 0 Å². The van der Waals surface area contributed by atoms with Gasteiger partial charge in [-0.15, -0.1) is 0 Å². The Morgan fingerprint density at radius 2 is 1.77 bits per heavy atom. The Balaban J connectivity index is 2.49. The summed E-state index contributed by atoms with van der Waals surface area (Å²) in [6.07, 6.45) is -0.119. The number of sulfonamides is 1. The molecule has 0 spiro atoms. The third-order valence-electron chi connectivity index (χ3n) is 3.82. The number of hydrogen-bond acceptors (Lipinski definition) is 5. The highest BCUT2D eigenvalue weighted by Gasteiger charge is 2.35. The lowest BCUT2D eigenvalue weighted by molar-refractivity contribution is -0.0170. The maximum Gasteiger partial charge on any atom is 0.243 e. The molecule has 1 aliphatic heterocycles. The molecule has 0 aromatic heterocycles. The highest BCUT2D eigenvalue weighted by atomic mass is 32.2. The summed E-state index contributed by atoms with van der Waals surface area (Å²) in [5.74, 6) is 0.919. The van der Waals surface area contributed by atoms with Crippen molar-refractivity contribution in [2.75, 3.05) is 27.4 Å². The predicted molar refractivity (Wildman–Crippen MR) is 83.1 cm³/mol. The normalized spacial score (nSPS) is 23.3.